The highest BCUT2D eigenvalue weighted by Crippen LogP contribution is 2.32. The van der Waals surface area contributed by atoms with Crippen LogP contribution in [0, 0.1) is 0 Å². The molecule has 2 heterocycles. The van der Waals surface area contributed by atoms with Gasteiger partial charge in [0.25, 0.3) is 5.91 Å². The minimum atomic E-state index is -0.874. The molecule has 4 rings (SSSR count). The monoisotopic (exact) mass is 495 g/mol. The predicted molar refractivity (Wildman–Crippen MR) is 134 cm³/mol. The lowest BCUT2D eigenvalue weighted by molar-refractivity contribution is -0.126. The molecule has 2 N–H and O–H groups in total. The van der Waals surface area contributed by atoms with Crippen LogP contribution < -0.4 is 20.3 Å². The molecule has 3 aromatic rings. The van der Waals surface area contributed by atoms with Gasteiger partial charge in [0.15, 0.2) is 5.76 Å². The maximum absolute atomic E-state index is 13.6. The van der Waals surface area contributed by atoms with Crippen molar-refractivity contribution in [1.29, 1.82) is 0 Å². The predicted octanol–water partition coefficient (Wildman–Crippen LogP) is 4.30. The van der Waals surface area contributed by atoms with Crippen molar-refractivity contribution < 1.29 is 23.5 Å². The third-order valence-electron chi connectivity index (χ3n) is 5.86. The second kappa shape index (κ2) is 11.7. The normalized spacial score (nSPS) is 14.3. The van der Waals surface area contributed by atoms with Gasteiger partial charge in [-0.3, -0.25) is 19.3 Å². The number of ether oxygens (including phenoxy) is 1. The van der Waals surface area contributed by atoms with Gasteiger partial charge in [0.2, 0.25) is 11.8 Å². The summed E-state index contributed by atoms with van der Waals surface area (Å²) < 4.78 is 10.7. The number of nitrogens with zero attached hydrogens (tertiary/aromatic N) is 1. The van der Waals surface area contributed by atoms with Gasteiger partial charge in [0, 0.05) is 16.6 Å². The van der Waals surface area contributed by atoms with E-state index in [9.17, 15) is 14.4 Å². The first-order valence-corrected chi connectivity index (χ1v) is 12.6. The molecule has 35 heavy (non-hydrogen) atoms. The zero-order valence-electron chi connectivity index (χ0n) is 19.6. The van der Waals surface area contributed by atoms with Gasteiger partial charge >= 0.3 is 0 Å². The Morgan fingerprint density at radius 3 is 2.51 bits per heavy atom. The highest BCUT2D eigenvalue weighted by molar-refractivity contribution is 7.10. The Hall–Kier alpha value is -3.59. The van der Waals surface area contributed by atoms with Crippen LogP contribution in [0.25, 0.3) is 0 Å². The maximum atomic E-state index is 13.6. The standard InChI is InChI=1S/C26H29N3O5S/c1-2-33-20-13-11-19(12-14-20)29(23(30)17-27-25(31)21-9-5-15-34-21)24(22-10-6-16-35-22)26(32)28-18-7-3-4-8-18/h5-6,9-16,18,24H,2-4,7-8,17H2,1H3,(H,27,31)(H,28,32)/t24-/m0/s1. The molecule has 0 saturated heterocycles. The van der Waals surface area contributed by atoms with Crippen LogP contribution in [-0.2, 0) is 9.59 Å². The number of amides is 3. The van der Waals surface area contributed by atoms with Crippen molar-refractivity contribution in [3.8, 4) is 5.75 Å². The molecule has 184 valence electrons. The summed E-state index contributed by atoms with van der Waals surface area (Å²) in [6.45, 7) is 2.11. The largest absolute Gasteiger partial charge is 0.494 e. The lowest BCUT2D eigenvalue weighted by Crippen LogP contribution is -2.48. The zero-order valence-corrected chi connectivity index (χ0v) is 20.4. The summed E-state index contributed by atoms with van der Waals surface area (Å²) in [7, 11) is 0. The summed E-state index contributed by atoms with van der Waals surface area (Å²) in [6, 6.07) is 13.1. The summed E-state index contributed by atoms with van der Waals surface area (Å²) in [4.78, 5) is 41.7. The summed E-state index contributed by atoms with van der Waals surface area (Å²) in [5.74, 6) is -0.386. The molecule has 1 fully saturated rings. The molecule has 1 aliphatic rings. The van der Waals surface area contributed by atoms with Gasteiger partial charge in [0.1, 0.15) is 11.8 Å². The van der Waals surface area contributed by atoms with Gasteiger partial charge in [-0.15, -0.1) is 11.3 Å². The molecule has 1 aromatic carbocycles. The molecule has 0 aliphatic heterocycles. The molecular weight excluding hydrogens is 466 g/mol. The molecule has 2 aromatic heterocycles. The number of nitrogens with one attached hydrogen (secondary N) is 2. The van der Waals surface area contributed by atoms with Crippen LogP contribution in [0.4, 0.5) is 5.69 Å². The molecule has 0 radical (unpaired) electrons. The fraction of sp³-hybridized carbons (Fsp3) is 0.346. The topological polar surface area (TPSA) is 101 Å². The minimum Gasteiger partial charge on any atom is -0.494 e. The second-order valence-corrected chi connectivity index (χ2v) is 9.24. The van der Waals surface area contributed by atoms with E-state index in [1.807, 2.05) is 24.4 Å². The molecule has 8 nitrogen and oxygen atoms in total. The van der Waals surface area contributed by atoms with Gasteiger partial charge in [-0.2, -0.15) is 0 Å². The van der Waals surface area contributed by atoms with Crippen molar-refractivity contribution in [2.75, 3.05) is 18.1 Å². The fourth-order valence-electron chi connectivity index (χ4n) is 4.21. The molecule has 1 aliphatic carbocycles. The van der Waals surface area contributed by atoms with Crippen LogP contribution in [-0.4, -0.2) is 36.9 Å². The van der Waals surface area contributed by atoms with Crippen LogP contribution in [0.2, 0.25) is 0 Å². The number of rotatable bonds is 10. The Morgan fingerprint density at radius 2 is 1.89 bits per heavy atom. The Kier molecular flexibility index (Phi) is 8.20. The average molecular weight is 496 g/mol. The third-order valence-corrected chi connectivity index (χ3v) is 6.79. The van der Waals surface area contributed by atoms with E-state index in [1.54, 1.807) is 30.3 Å². The molecule has 9 heteroatoms. The van der Waals surface area contributed by atoms with Gasteiger partial charge < -0.3 is 19.8 Å². The number of hydrogen-bond donors (Lipinski definition) is 2. The lowest BCUT2D eigenvalue weighted by Gasteiger charge is -2.31. The van der Waals surface area contributed by atoms with E-state index in [0.717, 1.165) is 30.6 Å². The Balaban J connectivity index is 1.63. The van der Waals surface area contributed by atoms with E-state index in [0.29, 0.717) is 18.0 Å². The van der Waals surface area contributed by atoms with Crippen LogP contribution in [0.3, 0.4) is 0 Å². The van der Waals surface area contributed by atoms with Crippen LogP contribution >= 0.6 is 11.3 Å². The van der Waals surface area contributed by atoms with E-state index in [-0.39, 0.29) is 24.3 Å². The zero-order chi connectivity index (χ0) is 24.6. The van der Waals surface area contributed by atoms with E-state index >= 15 is 0 Å². The Labute approximate surface area is 208 Å². The van der Waals surface area contributed by atoms with E-state index in [2.05, 4.69) is 10.6 Å². The van der Waals surface area contributed by atoms with Crippen molar-refractivity contribution in [3.05, 3.63) is 70.8 Å². The minimum absolute atomic E-state index is 0.0981. The van der Waals surface area contributed by atoms with Crippen molar-refractivity contribution in [2.24, 2.45) is 0 Å². The quantitative estimate of drug-likeness (QED) is 0.437. The van der Waals surface area contributed by atoms with Gasteiger partial charge in [-0.05, 0) is 67.6 Å². The van der Waals surface area contributed by atoms with Gasteiger partial charge in [-0.1, -0.05) is 18.9 Å². The lowest BCUT2D eigenvalue weighted by atomic mass is 10.1. The van der Waals surface area contributed by atoms with E-state index in [4.69, 9.17) is 9.15 Å². The van der Waals surface area contributed by atoms with E-state index < -0.39 is 17.9 Å². The van der Waals surface area contributed by atoms with Crippen LogP contribution in [0.5, 0.6) is 5.75 Å². The maximum Gasteiger partial charge on any atom is 0.287 e. The molecular formula is C26H29N3O5S. The second-order valence-electron chi connectivity index (χ2n) is 8.26. The van der Waals surface area contributed by atoms with Crippen molar-refractivity contribution >= 4 is 34.7 Å². The van der Waals surface area contributed by atoms with Crippen LogP contribution in [0.15, 0.2) is 64.6 Å². The SMILES string of the molecule is CCOc1ccc(N(C(=O)CNC(=O)c2ccco2)[C@H](C(=O)NC2CCCC2)c2cccs2)cc1. The summed E-state index contributed by atoms with van der Waals surface area (Å²) in [5.41, 5.74) is 0.533. The summed E-state index contributed by atoms with van der Waals surface area (Å²) >= 11 is 1.41. The molecule has 0 spiro atoms. The highest BCUT2D eigenvalue weighted by atomic mass is 32.1. The Morgan fingerprint density at radius 1 is 1.11 bits per heavy atom. The number of carbonyl (C=O) groups excluding carboxylic acids is 3. The Bertz CT molecular complexity index is 1110. The molecule has 0 unspecified atom stereocenters. The first-order valence-electron chi connectivity index (χ1n) is 11.8. The smallest absolute Gasteiger partial charge is 0.287 e. The number of benzene rings is 1. The van der Waals surface area contributed by atoms with Gasteiger partial charge in [-0.25, -0.2) is 0 Å². The number of carbonyl (C=O) groups is 3. The number of anilines is 1. The molecule has 1 saturated carbocycles. The van der Waals surface area contributed by atoms with E-state index in [1.165, 1.54) is 28.6 Å². The molecule has 3 amide bonds. The first kappa shape index (κ1) is 24.5. The van der Waals surface area contributed by atoms with Crippen molar-refractivity contribution in [2.45, 2.75) is 44.7 Å². The average Bonchev–Trinajstić information content (AvgIpc) is 3.65. The summed E-state index contributed by atoms with van der Waals surface area (Å²) in [6.07, 6.45) is 5.41. The summed E-state index contributed by atoms with van der Waals surface area (Å²) in [5, 5.41) is 7.62. The molecule has 1 atom stereocenters. The van der Waals surface area contributed by atoms with Crippen molar-refractivity contribution in [3.63, 3.8) is 0 Å². The van der Waals surface area contributed by atoms with Gasteiger partial charge in [0.05, 0.1) is 19.4 Å². The van der Waals surface area contributed by atoms with Crippen LogP contribution in [0.1, 0.15) is 54.1 Å². The highest BCUT2D eigenvalue weighted by Gasteiger charge is 2.35. The number of hydrogen-bond acceptors (Lipinski definition) is 6. The fourth-order valence-corrected chi connectivity index (χ4v) is 5.03. The number of furan rings is 1. The number of thiophene rings is 1. The third kappa shape index (κ3) is 6.10. The first-order chi connectivity index (χ1) is 17.1. The molecule has 0 bridgehead atoms. The van der Waals surface area contributed by atoms with Crippen molar-refractivity contribution in [1.82, 2.24) is 10.6 Å².